The van der Waals surface area contributed by atoms with Gasteiger partial charge in [-0.1, -0.05) is 26.0 Å². The zero-order chi connectivity index (χ0) is 14.0. The minimum absolute atomic E-state index is 0.0311. The molecule has 0 aromatic heterocycles. The van der Waals surface area contributed by atoms with E-state index in [9.17, 15) is 9.90 Å². The highest BCUT2D eigenvalue weighted by Crippen LogP contribution is 2.20. The van der Waals surface area contributed by atoms with Gasteiger partial charge in [0.1, 0.15) is 0 Å². The molecule has 0 atom stereocenters. The normalized spacial score (nSPS) is 18.2. The molecule has 0 aliphatic carbocycles. The summed E-state index contributed by atoms with van der Waals surface area (Å²) in [5.41, 5.74) is 1.42. The molecular formula is C15H22N2O2. The summed E-state index contributed by atoms with van der Waals surface area (Å²) in [5.74, 6) is 0.415. The van der Waals surface area contributed by atoms with Crippen molar-refractivity contribution in [2.75, 3.05) is 25.0 Å². The van der Waals surface area contributed by atoms with Crippen LogP contribution in [-0.4, -0.2) is 41.1 Å². The maximum absolute atomic E-state index is 11.9. The molecule has 0 spiro atoms. The molecule has 2 N–H and O–H groups in total. The first-order valence-corrected chi connectivity index (χ1v) is 6.70. The van der Waals surface area contributed by atoms with E-state index in [1.165, 1.54) is 5.56 Å². The van der Waals surface area contributed by atoms with Crippen molar-refractivity contribution < 1.29 is 9.90 Å². The lowest BCUT2D eigenvalue weighted by Gasteiger charge is -2.43. The van der Waals surface area contributed by atoms with E-state index in [2.05, 4.69) is 25.2 Å². The van der Waals surface area contributed by atoms with Gasteiger partial charge in [-0.05, 0) is 30.5 Å². The van der Waals surface area contributed by atoms with E-state index in [1.54, 1.807) is 6.92 Å². The highest BCUT2D eigenvalue weighted by Gasteiger charge is 2.37. The first kappa shape index (κ1) is 14.0. The molecule has 1 amide bonds. The van der Waals surface area contributed by atoms with Crippen molar-refractivity contribution in [3.8, 4) is 0 Å². The van der Waals surface area contributed by atoms with Crippen LogP contribution >= 0.6 is 0 Å². The van der Waals surface area contributed by atoms with Crippen LogP contribution in [0.5, 0.6) is 0 Å². The van der Waals surface area contributed by atoms with Crippen LogP contribution in [0.1, 0.15) is 32.3 Å². The zero-order valence-corrected chi connectivity index (χ0v) is 11.8. The molecule has 1 aromatic carbocycles. The van der Waals surface area contributed by atoms with Crippen molar-refractivity contribution in [3.05, 3.63) is 29.8 Å². The van der Waals surface area contributed by atoms with Crippen molar-refractivity contribution in [1.29, 1.82) is 0 Å². The monoisotopic (exact) mass is 262 g/mol. The molecule has 2 rings (SSSR count). The third kappa shape index (κ3) is 3.78. The van der Waals surface area contributed by atoms with E-state index in [4.69, 9.17) is 0 Å². The number of hydrogen-bond donors (Lipinski definition) is 2. The van der Waals surface area contributed by atoms with E-state index >= 15 is 0 Å². The predicted octanol–water partition coefficient (Wildman–Crippen LogP) is 1.82. The number of nitrogens with zero attached hydrogens (tertiary/aromatic N) is 1. The minimum atomic E-state index is -0.627. The maximum Gasteiger partial charge on any atom is 0.238 e. The van der Waals surface area contributed by atoms with E-state index < -0.39 is 5.60 Å². The maximum atomic E-state index is 11.9. The number of β-amino-alcohol motifs (C(OH)–C–C–N with tert-alkyl or cyclic N) is 1. The van der Waals surface area contributed by atoms with Crippen LogP contribution in [0.25, 0.3) is 0 Å². The first-order valence-electron chi connectivity index (χ1n) is 6.70. The third-order valence-corrected chi connectivity index (χ3v) is 3.33. The number of anilines is 1. The fourth-order valence-electron chi connectivity index (χ4n) is 2.41. The van der Waals surface area contributed by atoms with Gasteiger partial charge in [-0.25, -0.2) is 0 Å². The Hall–Kier alpha value is -1.39. The summed E-state index contributed by atoms with van der Waals surface area (Å²) < 4.78 is 0. The van der Waals surface area contributed by atoms with Gasteiger partial charge in [0.25, 0.3) is 0 Å². The molecule has 104 valence electrons. The number of carbonyl (C=O) groups is 1. The van der Waals surface area contributed by atoms with Crippen LogP contribution in [0, 0.1) is 0 Å². The number of aliphatic hydroxyl groups is 1. The minimum Gasteiger partial charge on any atom is -0.388 e. The average molecular weight is 262 g/mol. The molecule has 0 radical (unpaired) electrons. The number of carbonyl (C=O) groups excluding carboxylic acids is 1. The highest BCUT2D eigenvalue weighted by molar-refractivity contribution is 5.92. The topological polar surface area (TPSA) is 52.6 Å². The number of nitrogens with one attached hydrogen (secondary N) is 1. The summed E-state index contributed by atoms with van der Waals surface area (Å²) in [7, 11) is 0. The molecular weight excluding hydrogens is 240 g/mol. The van der Waals surface area contributed by atoms with Crippen molar-refractivity contribution in [1.82, 2.24) is 4.90 Å². The van der Waals surface area contributed by atoms with Crippen molar-refractivity contribution in [2.24, 2.45) is 0 Å². The van der Waals surface area contributed by atoms with Gasteiger partial charge < -0.3 is 10.4 Å². The van der Waals surface area contributed by atoms with Crippen molar-refractivity contribution >= 4 is 11.6 Å². The Morgan fingerprint density at radius 2 is 2.16 bits per heavy atom. The second kappa shape index (κ2) is 5.31. The van der Waals surface area contributed by atoms with Gasteiger partial charge in [0, 0.05) is 18.8 Å². The predicted molar refractivity (Wildman–Crippen MR) is 76.2 cm³/mol. The van der Waals surface area contributed by atoms with E-state index in [0.717, 1.165) is 5.69 Å². The molecule has 4 nitrogen and oxygen atoms in total. The first-order chi connectivity index (χ1) is 8.85. The molecule has 0 unspecified atom stereocenters. The molecule has 1 heterocycles. The van der Waals surface area contributed by atoms with E-state index in [0.29, 0.717) is 25.6 Å². The number of benzene rings is 1. The third-order valence-electron chi connectivity index (χ3n) is 3.33. The summed E-state index contributed by atoms with van der Waals surface area (Å²) >= 11 is 0. The summed E-state index contributed by atoms with van der Waals surface area (Å²) in [6.45, 7) is 7.50. The Balaban J connectivity index is 1.87. The van der Waals surface area contributed by atoms with E-state index in [1.807, 2.05) is 23.1 Å². The van der Waals surface area contributed by atoms with Crippen LogP contribution in [0.2, 0.25) is 0 Å². The van der Waals surface area contributed by atoms with Gasteiger partial charge in [-0.2, -0.15) is 0 Å². The average Bonchev–Trinajstić information content (AvgIpc) is 2.26. The molecule has 0 saturated carbocycles. The van der Waals surface area contributed by atoms with Crippen LogP contribution in [0.4, 0.5) is 5.69 Å². The smallest absolute Gasteiger partial charge is 0.238 e. The molecule has 1 fully saturated rings. The quantitative estimate of drug-likeness (QED) is 0.870. The number of amides is 1. The Bertz CT molecular complexity index is 461. The van der Waals surface area contributed by atoms with Gasteiger partial charge in [0.2, 0.25) is 5.91 Å². The van der Waals surface area contributed by atoms with Gasteiger partial charge in [0.05, 0.1) is 12.1 Å². The van der Waals surface area contributed by atoms with Crippen LogP contribution in [0.3, 0.4) is 0 Å². The Morgan fingerprint density at radius 1 is 1.47 bits per heavy atom. The second-order valence-electron chi connectivity index (χ2n) is 5.97. The molecule has 1 aliphatic rings. The Morgan fingerprint density at radius 3 is 2.74 bits per heavy atom. The van der Waals surface area contributed by atoms with Crippen LogP contribution in [-0.2, 0) is 4.79 Å². The van der Waals surface area contributed by atoms with E-state index in [-0.39, 0.29) is 5.91 Å². The zero-order valence-electron chi connectivity index (χ0n) is 11.8. The summed E-state index contributed by atoms with van der Waals surface area (Å²) in [6.07, 6.45) is 0. The van der Waals surface area contributed by atoms with Crippen LogP contribution in [0.15, 0.2) is 24.3 Å². The van der Waals surface area contributed by atoms with Gasteiger partial charge >= 0.3 is 0 Å². The summed E-state index contributed by atoms with van der Waals surface area (Å²) in [4.78, 5) is 13.8. The van der Waals surface area contributed by atoms with Crippen molar-refractivity contribution in [3.63, 3.8) is 0 Å². The highest BCUT2D eigenvalue weighted by atomic mass is 16.3. The molecule has 4 heteroatoms. The number of hydrogen-bond acceptors (Lipinski definition) is 3. The fraction of sp³-hybridized carbons (Fsp3) is 0.533. The van der Waals surface area contributed by atoms with Gasteiger partial charge in [0.15, 0.2) is 0 Å². The lowest BCUT2D eigenvalue weighted by Crippen LogP contribution is -2.61. The lowest BCUT2D eigenvalue weighted by atomic mass is 9.97. The molecule has 0 bridgehead atoms. The summed E-state index contributed by atoms with van der Waals surface area (Å²) in [5, 5.41) is 12.5. The standard InChI is InChI=1S/C15H22N2O2/c1-11(2)12-5-4-6-13(7-12)16-14(18)8-17-9-15(3,19)10-17/h4-7,11,19H,8-10H2,1-3H3,(H,16,18). The largest absolute Gasteiger partial charge is 0.388 e. The molecule has 1 aliphatic heterocycles. The molecule has 19 heavy (non-hydrogen) atoms. The number of likely N-dealkylation sites (tertiary alicyclic amines) is 1. The van der Waals surface area contributed by atoms with Crippen LogP contribution < -0.4 is 5.32 Å². The molecule has 1 aromatic rings. The fourth-order valence-corrected chi connectivity index (χ4v) is 2.41. The molecule has 1 saturated heterocycles. The second-order valence-corrected chi connectivity index (χ2v) is 5.97. The van der Waals surface area contributed by atoms with Gasteiger partial charge in [-0.15, -0.1) is 0 Å². The van der Waals surface area contributed by atoms with Crippen molar-refractivity contribution in [2.45, 2.75) is 32.3 Å². The lowest BCUT2D eigenvalue weighted by molar-refractivity contribution is -0.125. The number of rotatable bonds is 4. The SMILES string of the molecule is CC(C)c1cccc(NC(=O)CN2CC(C)(O)C2)c1. The Labute approximate surface area is 114 Å². The van der Waals surface area contributed by atoms with Gasteiger partial charge in [-0.3, -0.25) is 9.69 Å². The Kier molecular flexibility index (Phi) is 3.92. The summed E-state index contributed by atoms with van der Waals surface area (Å²) in [6, 6.07) is 7.93.